The maximum absolute atomic E-state index is 11.1. The molecule has 1 aromatic heterocycles. The van der Waals surface area contributed by atoms with E-state index in [0.717, 1.165) is 11.3 Å². The predicted octanol–water partition coefficient (Wildman–Crippen LogP) is 4.94. The Morgan fingerprint density at radius 1 is 1.38 bits per heavy atom. The Labute approximate surface area is 161 Å². The van der Waals surface area contributed by atoms with Gasteiger partial charge in [-0.25, -0.2) is 4.98 Å². The summed E-state index contributed by atoms with van der Waals surface area (Å²) in [6.45, 7) is 1.56. The third-order valence-electron chi connectivity index (χ3n) is 3.62. The highest BCUT2D eigenvalue weighted by Crippen LogP contribution is 2.36. The maximum atomic E-state index is 11.1. The van der Waals surface area contributed by atoms with Gasteiger partial charge in [0.2, 0.25) is 5.13 Å². The summed E-state index contributed by atoms with van der Waals surface area (Å²) < 4.78 is 0.272. The molecular weight excluding hydrogens is 420 g/mol. The van der Waals surface area contributed by atoms with E-state index in [1.165, 1.54) is 23.6 Å². The van der Waals surface area contributed by atoms with Gasteiger partial charge in [-0.1, -0.05) is 30.3 Å². The molecule has 1 heterocycles. The zero-order chi connectivity index (χ0) is 18.7. The molecule has 0 atom stereocenters. The van der Waals surface area contributed by atoms with E-state index in [2.05, 4.69) is 31.4 Å². The van der Waals surface area contributed by atoms with Gasteiger partial charge >= 0.3 is 0 Å². The van der Waals surface area contributed by atoms with Crippen molar-refractivity contribution < 1.29 is 10.0 Å². The van der Waals surface area contributed by atoms with Crippen molar-refractivity contribution in [2.75, 3.05) is 5.43 Å². The van der Waals surface area contributed by atoms with Gasteiger partial charge in [0.15, 0.2) is 0 Å². The molecule has 3 rings (SSSR count). The van der Waals surface area contributed by atoms with Gasteiger partial charge in [0.25, 0.3) is 5.69 Å². The smallest absolute Gasteiger partial charge is 0.274 e. The molecule has 7 nitrogen and oxygen atoms in total. The second-order valence-electron chi connectivity index (χ2n) is 5.30. The zero-order valence-corrected chi connectivity index (χ0v) is 15.9. The van der Waals surface area contributed by atoms with Crippen molar-refractivity contribution >= 4 is 44.3 Å². The SMILES string of the molecule is Cc1c([N+](=O)[O-])cc(C=NNc2nc(-c3ccccc3)cs2)c(O)c1Br. The molecule has 132 valence electrons. The van der Waals surface area contributed by atoms with Crippen molar-refractivity contribution in [2.24, 2.45) is 5.10 Å². The lowest BCUT2D eigenvalue weighted by Crippen LogP contribution is -1.97. The summed E-state index contributed by atoms with van der Waals surface area (Å²) in [5, 5.41) is 27.7. The van der Waals surface area contributed by atoms with E-state index in [9.17, 15) is 15.2 Å². The normalized spacial score (nSPS) is 11.0. The largest absolute Gasteiger partial charge is 0.506 e. The quantitative estimate of drug-likeness (QED) is 0.337. The van der Waals surface area contributed by atoms with Crippen molar-refractivity contribution in [3.05, 3.63) is 67.5 Å². The van der Waals surface area contributed by atoms with Gasteiger partial charge < -0.3 is 5.11 Å². The molecule has 0 aliphatic rings. The third-order valence-corrected chi connectivity index (χ3v) is 5.34. The number of anilines is 1. The van der Waals surface area contributed by atoms with E-state index in [-0.39, 0.29) is 21.5 Å². The number of phenolic OH excluding ortho intramolecular Hbond substituents is 1. The fraction of sp³-hybridized carbons (Fsp3) is 0.0588. The molecule has 0 aliphatic carbocycles. The van der Waals surface area contributed by atoms with Crippen molar-refractivity contribution in [3.63, 3.8) is 0 Å². The number of nitro benzene ring substituents is 1. The second-order valence-corrected chi connectivity index (χ2v) is 6.95. The second kappa shape index (κ2) is 7.63. The Morgan fingerprint density at radius 3 is 2.81 bits per heavy atom. The van der Waals surface area contributed by atoms with Crippen LogP contribution in [-0.2, 0) is 0 Å². The van der Waals surface area contributed by atoms with E-state index >= 15 is 0 Å². The van der Waals surface area contributed by atoms with E-state index in [1.807, 2.05) is 35.7 Å². The van der Waals surface area contributed by atoms with Crippen molar-refractivity contribution in [1.82, 2.24) is 4.98 Å². The van der Waals surface area contributed by atoms with Crippen LogP contribution in [0.3, 0.4) is 0 Å². The van der Waals surface area contributed by atoms with Gasteiger partial charge in [-0.05, 0) is 22.9 Å². The highest BCUT2D eigenvalue weighted by Gasteiger charge is 2.19. The van der Waals surface area contributed by atoms with Crippen LogP contribution in [0.5, 0.6) is 5.75 Å². The lowest BCUT2D eigenvalue weighted by molar-refractivity contribution is -0.385. The molecule has 9 heteroatoms. The minimum absolute atomic E-state index is 0.100. The number of nitro groups is 1. The first-order valence-corrected chi connectivity index (χ1v) is 9.11. The summed E-state index contributed by atoms with van der Waals surface area (Å²) in [5.74, 6) is -0.109. The number of aromatic nitrogens is 1. The molecule has 0 aliphatic heterocycles. The monoisotopic (exact) mass is 432 g/mol. The summed E-state index contributed by atoms with van der Waals surface area (Å²) in [6.07, 6.45) is 1.32. The van der Waals surface area contributed by atoms with Crippen LogP contribution in [0.4, 0.5) is 10.8 Å². The highest BCUT2D eigenvalue weighted by molar-refractivity contribution is 9.10. The predicted molar refractivity (Wildman–Crippen MR) is 106 cm³/mol. The van der Waals surface area contributed by atoms with Crippen molar-refractivity contribution in [1.29, 1.82) is 0 Å². The molecule has 0 radical (unpaired) electrons. The highest BCUT2D eigenvalue weighted by atomic mass is 79.9. The number of rotatable bonds is 5. The first-order valence-electron chi connectivity index (χ1n) is 7.44. The van der Waals surface area contributed by atoms with Gasteiger partial charge in [-0.15, -0.1) is 11.3 Å². The number of phenols is 1. The van der Waals surface area contributed by atoms with Gasteiger partial charge in [-0.3, -0.25) is 15.5 Å². The molecule has 2 aromatic carbocycles. The average Bonchev–Trinajstić information content (AvgIpc) is 3.11. The topological polar surface area (TPSA) is 101 Å². The number of hydrogen-bond donors (Lipinski definition) is 2. The number of nitrogens with zero attached hydrogens (tertiary/aromatic N) is 3. The van der Waals surface area contributed by atoms with Crippen LogP contribution in [0.1, 0.15) is 11.1 Å². The van der Waals surface area contributed by atoms with Crippen molar-refractivity contribution in [2.45, 2.75) is 6.92 Å². The Hall–Kier alpha value is -2.78. The number of aromatic hydroxyl groups is 1. The van der Waals surface area contributed by atoms with E-state index in [4.69, 9.17) is 0 Å². The zero-order valence-electron chi connectivity index (χ0n) is 13.5. The fourth-order valence-electron chi connectivity index (χ4n) is 2.25. The number of thiazole rings is 1. The maximum Gasteiger partial charge on any atom is 0.274 e. The van der Waals surface area contributed by atoms with Gasteiger partial charge in [0, 0.05) is 28.1 Å². The molecule has 0 unspecified atom stereocenters. The van der Waals surface area contributed by atoms with Gasteiger partial charge in [0.1, 0.15) is 5.75 Å². The van der Waals surface area contributed by atoms with Crippen LogP contribution in [-0.4, -0.2) is 21.2 Å². The standard InChI is InChI=1S/C17H13BrN4O3S/c1-10-14(22(24)25)7-12(16(23)15(10)18)8-19-21-17-20-13(9-26-17)11-5-3-2-4-6-11/h2-9,23H,1H3,(H,20,21). The van der Waals surface area contributed by atoms with E-state index in [0.29, 0.717) is 10.7 Å². The molecule has 0 saturated carbocycles. The van der Waals surface area contributed by atoms with E-state index < -0.39 is 4.92 Å². The summed E-state index contributed by atoms with van der Waals surface area (Å²) in [7, 11) is 0. The summed E-state index contributed by atoms with van der Waals surface area (Å²) in [5.41, 5.74) is 5.07. The molecule has 3 aromatic rings. The number of nitrogens with one attached hydrogen (secondary N) is 1. The van der Waals surface area contributed by atoms with Crippen LogP contribution < -0.4 is 5.43 Å². The Kier molecular flexibility index (Phi) is 5.29. The minimum Gasteiger partial charge on any atom is -0.506 e. The van der Waals surface area contributed by atoms with Crippen LogP contribution in [0.25, 0.3) is 11.3 Å². The molecular formula is C17H13BrN4O3S. The van der Waals surface area contributed by atoms with Gasteiger partial charge in [-0.2, -0.15) is 5.10 Å². The fourth-order valence-corrected chi connectivity index (χ4v) is 3.35. The molecule has 0 bridgehead atoms. The first kappa shape index (κ1) is 18.0. The molecule has 0 saturated heterocycles. The van der Waals surface area contributed by atoms with Crippen LogP contribution in [0.15, 0.2) is 51.4 Å². The average molecular weight is 433 g/mol. The van der Waals surface area contributed by atoms with Crippen LogP contribution >= 0.6 is 27.3 Å². The molecule has 0 spiro atoms. The number of halogens is 1. The van der Waals surface area contributed by atoms with E-state index in [1.54, 1.807) is 6.92 Å². The Balaban J connectivity index is 1.79. The summed E-state index contributed by atoms with van der Waals surface area (Å²) in [4.78, 5) is 15.0. The number of hydrazone groups is 1. The Bertz CT molecular complexity index is 989. The van der Waals surface area contributed by atoms with Gasteiger partial charge in [0.05, 0.1) is 21.3 Å². The number of benzene rings is 2. The molecule has 0 fully saturated rings. The molecule has 2 N–H and O–H groups in total. The summed E-state index contributed by atoms with van der Waals surface area (Å²) >= 11 is 4.55. The summed E-state index contributed by atoms with van der Waals surface area (Å²) in [6, 6.07) is 11.0. The minimum atomic E-state index is -0.503. The van der Waals surface area contributed by atoms with Crippen molar-refractivity contribution in [3.8, 4) is 17.0 Å². The lowest BCUT2D eigenvalue weighted by atomic mass is 10.1. The molecule has 26 heavy (non-hydrogen) atoms. The molecule has 0 amide bonds. The Morgan fingerprint density at radius 2 is 2.12 bits per heavy atom. The van der Waals surface area contributed by atoms with Crippen LogP contribution in [0.2, 0.25) is 0 Å². The number of hydrogen-bond acceptors (Lipinski definition) is 7. The first-order chi connectivity index (χ1) is 12.5. The van der Waals surface area contributed by atoms with Crippen LogP contribution in [0, 0.1) is 17.0 Å². The third kappa shape index (κ3) is 3.73. The lowest BCUT2D eigenvalue weighted by Gasteiger charge is -2.06.